The number of sulfonamides is 1. The van der Waals surface area contributed by atoms with E-state index in [9.17, 15) is 30.8 Å². The first-order valence-corrected chi connectivity index (χ1v) is 12.3. The molecule has 0 atom stereocenters. The maximum absolute atomic E-state index is 13.4. The van der Waals surface area contributed by atoms with Gasteiger partial charge in [-0.15, -0.1) is 0 Å². The maximum Gasteiger partial charge on any atom is 0.490 e. The number of amides is 1. The van der Waals surface area contributed by atoms with Crippen LogP contribution in [0.4, 0.5) is 17.6 Å². The van der Waals surface area contributed by atoms with Gasteiger partial charge in [-0.2, -0.15) is 17.5 Å². The molecule has 2 aromatic rings. The molecule has 1 aliphatic rings. The van der Waals surface area contributed by atoms with Crippen LogP contribution in [-0.4, -0.2) is 73.5 Å². The Morgan fingerprint density at radius 2 is 1.61 bits per heavy atom. The number of halogens is 4. The van der Waals surface area contributed by atoms with Gasteiger partial charge in [0, 0.05) is 32.7 Å². The van der Waals surface area contributed by atoms with Crippen LogP contribution >= 0.6 is 0 Å². The number of nitrogens with zero attached hydrogens (tertiary/aromatic N) is 2. The fourth-order valence-electron chi connectivity index (χ4n) is 3.41. The minimum Gasteiger partial charge on any atom is -0.475 e. The van der Waals surface area contributed by atoms with E-state index in [-0.39, 0.29) is 23.9 Å². The van der Waals surface area contributed by atoms with Crippen molar-refractivity contribution in [2.45, 2.75) is 31.5 Å². The zero-order valence-electron chi connectivity index (χ0n) is 19.7. The van der Waals surface area contributed by atoms with Gasteiger partial charge in [-0.05, 0) is 43.2 Å². The van der Waals surface area contributed by atoms with Crippen molar-refractivity contribution in [1.82, 2.24) is 14.5 Å². The largest absolute Gasteiger partial charge is 0.490 e. The maximum atomic E-state index is 13.4. The Morgan fingerprint density at radius 3 is 2.11 bits per heavy atom. The van der Waals surface area contributed by atoms with Crippen molar-refractivity contribution < 1.29 is 40.7 Å². The number of alkyl halides is 3. The molecule has 0 aromatic heterocycles. The van der Waals surface area contributed by atoms with Gasteiger partial charge in [0.05, 0.1) is 11.4 Å². The smallest absolute Gasteiger partial charge is 0.475 e. The number of piperazine rings is 1. The molecule has 0 unspecified atom stereocenters. The number of aliphatic carboxylic acids is 1. The van der Waals surface area contributed by atoms with E-state index < -0.39 is 28.0 Å². The second kappa shape index (κ2) is 12.3. The molecular weight excluding hydrogens is 506 g/mol. The Kier molecular flexibility index (Phi) is 9.96. The highest BCUT2D eigenvalue weighted by Crippen LogP contribution is 2.23. The van der Waals surface area contributed by atoms with Gasteiger partial charge >= 0.3 is 12.1 Å². The Labute approximate surface area is 206 Å². The third-order valence-electron chi connectivity index (χ3n) is 5.24. The van der Waals surface area contributed by atoms with E-state index >= 15 is 0 Å². The summed E-state index contributed by atoms with van der Waals surface area (Å²) in [7, 11) is -3.91. The Balaban J connectivity index is 0.000000572. The number of hydrogen-bond donors (Lipinski definition) is 2. The van der Waals surface area contributed by atoms with Crippen molar-refractivity contribution in [2.75, 3.05) is 32.7 Å². The van der Waals surface area contributed by atoms with Crippen molar-refractivity contribution >= 4 is 21.9 Å². The lowest BCUT2D eigenvalue weighted by Crippen LogP contribution is -2.50. The van der Waals surface area contributed by atoms with Gasteiger partial charge in [-0.1, -0.05) is 29.8 Å². The number of rotatable bonds is 6. The number of hydrogen-bond acceptors (Lipinski definition) is 5. The molecule has 0 radical (unpaired) electrons. The van der Waals surface area contributed by atoms with Crippen LogP contribution in [0, 0.1) is 19.7 Å². The molecule has 0 bridgehead atoms. The molecule has 198 valence electrons. The third kappa shape index (κ3) is 8.28. The van der Waals surface area contributed by atoms with Crippen LogP contribution < -0.4 is 5.32 Å². The molecule has 36 heavy (non-hydrogen) atoms. The molecule has 1 heterocycles. The molecule has 1 saturated heterocycles. The van der Waals surface area contributed by atoms with E-state index in [1.807, 2.05) is 6.92 Å². The molecule has 1 amide bonds. The van der Waals surface area contributed by atoms with Crippen LogP contribution in [0.1, 0.15) is 16.7 Å². The fourth-order valence-corrected chi connectivity index (χ4v) is 5.00. The molecule has 13 heteroatoms. The van der Waals surface area contributed by atoms with Crippen LogP contribution in [0.5, 0.6) is 0 Å². The predicted octanol–water partition coefficient (Wildman–Crippen LogP) is 2.70. The number of carboxylic acid groups (broad SMARTS) is 1. The van der Waals surface area contributed by atoms with Crippen molar-refractivity contribution in [2.24, 2.45) is 0 Å². The summed E-state index contributed by atoms with van der Waals surface area (Å²) in [5.74, 6) is -3.39. The lowest BCUT2D eigenvalue weighted by molar-refractivity contribution is -0.192. The second-order valence-corrected chi connectivity index (χ2v) is 10.0. The van der Waals surface area contributed by atoms with Gasteiger partial charge in [-0.3, -0.25) is 4.79 Å². The molecular formula is C23H27F4N3O5S. The summed E-state index contributed by atoms with van der Waals surface area (Å²) in [6.45, 7) is 5.85. The monoisotopic (exact) mass is 533 g/mol. The van der Waals surface area contributed by atoms with E-state index in [4.69, 9.17) is 9.90 Å². The number of aryl methyl sites for hydroxylation is 2. The van der Waals surface area contributed by atoms with E-state index in [0.29, 0.717) is 37.3 Å². The minimum atomic E-state index is -5.08. The molecule has 1 aliphatic heterocycles. The zero-order valence-corrected chi connectivity index (χ0v) is 20.5. The Hall–Kier alpha value is -3.03. The lowest BCUT2D eigenvalue weighted by atomic mass is 10.2. The van der Waals surface area contributed by atoms with E-state index in [2.05, 4.69) is 5.32 Å². The second-order valence-electron chi connectivity index (χ2n) is 8.10. The summed E-state index contributed by atoms with van der Waals surface area (Å²) in [6, 6.07) is 10.8. The summed E-state index contributed by atoms with van der Waals surface area (Å²) in [6.07, 6.45) is -5.08. The molecule has 8 nitrogen and oxygen atoms in total. The van der Waals surface area contributed by atoms with E-state index in [1.54, 1.807) is 30.0 Å². The highest BCUT2D eigenvalue weighted by Gasteiger charge is 2.38. The summed E-state index contributed by atoms with van der Waals surface area (Å²) in [5, 5.41) is 10.3. The van der Waals surface area contributed by atoms with Crippen molar-refractivity contribution in [3.05, 3.63) is 65.0 Å². The normalized spacial score (nSPS) is 14.2. The van der Waals surface area contributed by atoms with Crippen molar-refractivity contribution in [3.8, 4) is 0 Å². The quantitative estimate of drug-likeness (QED) is 0.553. The number of carbonyl (C=O) groups is 2. The lowest BCUT2D eigenvalue weighted by Gasteiger charge is -2.30. The van der Waals surface area contributed by atoms with Gasteiger partial charge in [0.25, 0.3) is 0 Å². The van der Waals surface area contributed by atoms with Crippen LogP contribution in [0.15, 0.2) is 47.4 Å². The molecule has 3 rings (SSSR count). The average Bonchev–Trinajstić information content (AvgIpc) is 2.80. The summed E-state index contributed by atoms with van der Waals surface area (Å²) >= 11 is 0. The summed E-state index contributed by atoms with van der Waals surface area (Å²) < 4.78 is 73.0. The first-order chi connectivity index (χ1) is 16.7. The van der Waals surface area contributed by atoms with Crippen LogP contribution in [0.25, 0.3) is 0 Å². The van der Waals surface area contributed by atoms with Crippen molar-refractivity contribution in [1.29, 1.82) is 0 Å². The molecule has 0 saturated carbocycles. The highest BCUT2D eigenvalue weighted by atomic mass is 32.2. The Morgan fingerprint density at radius 1 is 1.06 bits per heavy atom. The molecule has 2 aromatic carbocycles. The molecule has 1 fully saturated rings. The summed E-state index contributed by atoms with van der Waals surface area (Å²) in [4.78, 5) is 23.5. The summed E-state index contributed by atoms with van der Waals surface area (Å²) in [5.41, 5.74) is 2.21. The first kappa shape index (κ1) is 29.2. The molecule has 2 N–H and O–H groups in total. The van der Waals surface area contributed by atoms with Gasteiger partial charge in [-0.25, -0.2) is 17.6 Å². The first-order valence-electron chi connectivity index (χ1n) is 10.8. The molecule has 0 spiro atoms. The van der Waals surface area contributed by atoms with Crippen LogP contribution in [0.3, 0.4) is 0 Å². The zero-order chi connectivity index (χ0) is 27.1. The fraction of sp³-hybridized carbons (Fsp3) is 0.391. The average molecular weight is 534 g/mol. The molecule has 0 aliphatic carbocycles. The van der Waals surface area contributed by atoms with Crippen LogP contribution in [-0.2, 0) is 26.2 Å². The number of nitrogens with one attached hydrogen (secondary N) is 1. The Bertz CT molecular complexity index is 1170. The highest BCUT2D eigenvalue weighted by molar-refractivity contribution is 7.89. The van der Waals surface area contributed by atoms with Crippen molar-refractivity contribution in [3.63, 3.8) is 0 Å². The van der Waals surface area contributed by atoms with Gasteiger partial charge < -0.3 is 15.3 Å². The van der Waals surface area contributed by atoms with E-state index in [1.165, 1.54) is 28.6 Å². The third-order valence-corrected chi connectivity index (χ3v) is 7.20. The number of carboxylic acids is 1. The minimum absolute atomic E-state index is 0.00619. The van der Waals surface area contributed by atoms with Gasteiger partial charge in [0.2, 0.25) is 15.9 Å². The SMILES string of the molecule is Cc1ccc(S(=O)(=O)N(CC(=O)N2CCNCC2)Cc2ccc(F)cc2)c(C)c1.O=C(O)C(F)(F)F. The van der Waals surface area contributed by atoms with Gasteiger partial charge in [0.1, 0.15) is 5.82 Å². The number of carbonyl (C=O) groups excluding carboxylic acids is 1. The number of benzene rings is 2. The standard InChI is InChI=1S/C21H26FN3O3S.C2HF3O2/c1-16-3-8-20(17(2)13-16)29(27,28)25(14-18-4-6-19(22)7-5-18)15-21(26)24-11-9-23-10-12-24;3-2(4,5)1(6)7/h3-8,13,23H,9-12,14-15H2,1-2H3;(H,6,7). The predicted molar refractivity (Wildman–Crippen MR) is 123 cm³/mol. The van der Waals surface area contributed by atoms with E-state index in [0.717, 1.165) is 5.56 Å². The van der Waals surface area contributed by atoms with Crippen LogP contribution in [0.2, 0.25) is 0 Å². The topological polar surface area (TPSA) is 107 Å². The van der Waals surface area contributed by atoms with Gasteiger partial charge in [0.15, 0.2) is 0 Å².